The highest BCUT2D eigenvalue weighted by Crippen LogP contribution is 2.31. The van der Waals surface area contributed by atoms with Crippen LogP contribution in [-0.4, -0.2) is 22.4 Å². The summed E-state index contributed by atoms with van der Waals surface area (Å²) in [5, 5.41) is 0.343. The van der Waals surface area contributed by atoms with Gasteiger partial charge in [-0.15, -0.1) is 0 Å². The zero-order chi connectivity index (χ0) is 16.6. The Kier molecular flexibility index (Phi) is 4.02. The molecule has 23 heavy (non-hydrogen) atoms. The van der Waals surface area contributed by atoms with Crippen LogP contribution in [0.4, 0.5) is 4.39 Å². The van der Waals surface area contributed by atoms with Crippen LogP contribution in [0.25, 0.3) is 5.65 Å². The summed E-state index contributed by atoms with van der Waals surface area (Å²) in [7, 11) is 1.45. The molecule has 0 spiro atoms. The molecule has 1 unspecified atom stereocenters. The number of imidazole rings is 1. The number of halogens is 2. The molecule has 3 rings (SSSR count). The summed E-state index contributed by atoms with van der Waals surface area (Å²) >= 11 is 6.24. The highest BCUT2D eigenvalue weighted by molar-refractivity contribution is 6.29. The highest BCUT2D eigenvalue weighted by Gasteiger charge is 2.27. The SMILES string of the molecule is COC(c1cccc(F)c1)c1c(C(N)=O)nc2cccc(Cl)n12. The third-order valence-electron chi connectivity index (χ3n) is 3.50. The number of carbonyl (C=O) groups is 1. The second-order valence-corrected chi connectivity index (χ2v) is 5.31. The molecule has 0 saturated carbocycles. The number of hydrogen-bond donors (Lipinski definition) is 1. The summed E-state index contributed by atoms with van der Waals surface area (Å²) in [4.78, 5) is 16.0. The van der Waals surface area contributed by atoms with Crippen LogP contribution in [0.15, 0.2) is 42.5 Å². The fourth-order valence-corrected chi connectivity index (χ4v) is 2.82. The third-order valence-corrected chi connectivity index (χ3v) is 3.80. The molecular formula is C16H13ClFN3O2. The summed E-state index contributed by atoms with van der Waals surface area (Å²) < 4.78 is 20.6. The first kappa shape index (κ1) is 15.5. The van der Waals surface area contributed by atoms with Gasteiger partial charge in [-0.25, -0.2) is 9.37 Å². The van der Waals surface area contributed by atoms with Crippen LogP contribution in [0.3, 0.4) is 0 Å². The molecule has 1 amide bonds. The molecule has 2 aromatic heterocycles. The van der Waals surface area contributed by atoms with Gasteiger partial charge in [0, 0.05) is 7.11 Å². The second kappa shape index (κ2) is 5.98. The lowest BCUT2D eigenvalue weighted by Crippen LogP contribution is -2.18. The zero-order valence-electron chi connectivity index (χ0n) is 12.2. The average molecular weight is 334 g/mol. The Morgan fingerprint density at radius 1 is 1.35 bits per heavy atom. The minimum Gasteiger partial charge on any atom is -0.370 e. The third kappa shape index (κ3) is 2.67. The van der Waals surface area contributed by atoms with E-state index in [1.807, 2.05) is 0 Å². The fourth-order valence-electron chi connectivity index (χ4n) is 2.57. The number of methoxy groups -OCH3 is 1. The number of hydrogen-bond acceptors (Lipinski definition) is 3. The summed E-state index contributed by atoms with van der Waals surface area (Å²) in [5.41, 5.74) is 6.83. The maximum Gasteiger partial charge on any atom is 0.269 e. The van der Waals surface area contributed by atoms with Crippen LogP contribution in [0.5, 0.6) is 0 Å². The number of nitrogens with zero attached hydrogens (tertiary/aromatic N) is 2. The van der Waals surface area contributed by atoms with Crippen molar-refractivity contribution in [1.82, 2.24) is 9.38 Å². The van der Waals surface area contributed by atoms with Gasteiger partial charge in [0.25, 0.3) is 5.91 Å². The molecule has 7 heteroatoms. The molecule has 2 heterocycles. The quantitative estimate of drug-likeness (QED) is 0.746. The fraction of sp³-hybridized carbons (Fsp3) is 0.125. The van der Waals surface area contributed by atoms with E-state index in [4.69, 9.17) is 22.1 Å². The summed E-state index contributed by atoms with van der Waals surface area (Å²) in [6, 6.07) is 11.0. The largest absolute Gasteiger partial charge is 0.370 e. The van der Waals surface area contributed by atoms with Crippen molar-refractivity contribution in [3.05, 3.63) is 70.4 Å². The Hall–Kier alpha value is -2.44. The van der Waals surface area contributed by atoms with Crippen LogP contribution in [-0.2, 0) is 4.74 Å². The van der Waals surface area contributed by atoms with Crippen molar-refractivity contribution >= 4 is 23.2 Å². The van der Waals surface area contributed by atoms with Crippen molar-refractivity contribution in [2.75, 3.05) is 7.11 Å². The molecule has 118 valence electrons. The van der Waals surface area contributed by atoms with Crippen molar-refractivity contribution in [2.45, 2.75) is 6.10 Å². The van der Waals surface area contributed by atoms with Crippen LogP contribution >= 0.6 is 11.6 Å². The summed E-state index contributed by atoms with van der Waals surface area (Å²) in [6.45, 7) is 0. The van der Waals surface area contributed by atoms with Gasteiger partial charge in [0.2, 0.25) is 0 Å². The van der Waals surface area contributed by atoms with E-state index < -0.39 is 17.8 Å². The molecule has 3 aromatic rings. The van der Waals surface area contributed by atoms with Gasteiger partial charge < -0.3 is 10.5 Å². The monoisotopic (exact) mass is 333 g/mol. The lowest BCUT2D eigenvalue weighted by Gasteiger charge is -2.17. The molecule has 5 nitrogen and oxygen atoms in total. The number of aromatic nitrogens is 2. The highest BCUT2D eigenvalue weighted by atomic mass is 35.5. The van der Waals surface area contributed by atoms with E-state index in [1.165, 1.54) is 19.2 Å². The second-order valence-electron chi connectivity index (χ2n) is 4.92. The number of amides is 1. The summed E-state index contributed by atoms with van der Waals surface area (Å²) in [6.07, 6.45) is -0.747. The van der Waals surface area contributed by atoms with E-state index in [0.717, 1.165) is 0 Å². The van der Waals surface area contributed by atoms with Gasteiger partial charge in [0.1, 0.15) is 22.7 Å². The Bertz CT molecular complexity index is 894. The molecule has 0 bridgehead atoms. The normalized spacial score (nSPS) is 12.5. The van der Waals surface area contributed by atoms with E-state index in [0.29, 0.717) is 22.1 Å². The van der Waals surface area contributed by atoms with Gasteiger partial charge in [-0.1, -0.05) is 29.8 Å². The number of carbonyl (C=O) groups excluding carboxylic acids is 1. The molecule has 2 N–H and O–H groups in total. The molecule has 1 atom stereocenters. The molecule has 0 aliphatic carbocycles. The molecule has 0 fully saturated rings. The Morgan fingerprint density at radius 3 is 2.74 bits per heavy atom. The number of primary amides is 1. The van der Waals surface area contributed by atoms with Crippen molar-refractivity contribution in [3.8, 4) is 0 Å². The number of fused-ring (bicyclic) bond motifs is 1. The Balaban J connectivity index is 2.32. The van der Waals surface area contributed by atoms with Gasteiger partial charge in [-0.05, 0) is 29.8 Å². The van der Waals surface area contributed by atoms with Crippen molar-refractivity contribution in [3.63, 3.8) is 0 Å². The molecule has 0 aliphatic rings. The average Bonchev–Trinajstić information content (AvgIpc) is 2.89. The predicted octanol–water partition coefficient (Wildman–Crippen LogP) is 2.96. The van der Waals surface area contributed by atoms with Crippen LogP contribution < -0.4 is 5.73 Å². The van der Waals surface area contributed by atoms with Crippen molar-refractivity contribution in [1.29, 1.82) is 0 Å². The first-order valence-electron chi connectivity index (χ1n) is 6.78. The van der Waals surface area contributed by atoms with Gasteiger partial charge in [0.15, 0.2) is 5.69 Å². The van der Waals surface area contributed by atoms with E-state index in [-0.39, 0.29) is 5.69 Å². The predicted molar refractivity (Wildman–Crippen MR) is 84.0 cm³/mol. The van der Waals surface area contributed by atoms with Crippen LogP contribution in [0.1, 0.15) is 27.8 Å². The van der Waals surface area contributed by atoms with Crippen molar-refractivity contribution < 1.29 is 13.9 Å². The van der Waals surface area contributed by atoms with E-state index in [1.54, 1.807) is 34.7 Å². The number of pyridine rings is 1. The Morgan fingerprint density at radius 2 is 2.09 bits per heavy atom. The molecule has 0 saturated heterocycles. The number of benzene rings is 1. The van der Waals surface area contributed by atoms with E-state index in [2.05, 4.69) is 4.98 Å². The van der Waals surface area contributed by atoms with E-state index >= 15 is 0 Å². The van der Waals surface area contributed by atoms with Crippen LogP contribution in [0, 0.1) is 5.82 Å². The minimum atomic E-state index is -0.747. The van der Waals surface area contributed by atoms with Gasteiger partial charge >= 0.3 is 0 Å². The lowest BCUT2D eigenvalue weighted by molar-refractivity contribution is 0.0980. The zero-order valence-corrected chi connectivity index (χ0v) is 12.9. The summed E-state index contributed by atoms with van der Waals surface area (Å²) in [5.74, 6) is -1.12. The first-order chi connectivity index (χ1) is 11.0. The standard InChI is InChI=1S/C16H13ClFN3O2/c1-23-15(9-4-2-5-10(18)8-9)14-13(16(19)22)20-12-7-3-6-11(17)21(12)14/h2-8,15H,1H3,(H2,19,22). The number of ether oxygens (including phenoxy) is 1. The van der Waals surface area contributed by atoms with Crippen LogP contribution in [0.2, 0.25) is 5.15 Å². The lowest BCUT2D eigenvalue weighted by atomic mass is 10.0. The topological polar surface area (TPSA) is 69.6 Å². The van der Waals surface area contributed by atoms with Crippen molar-refractivity contribution in [2.24, 2.45) is 5.73 Å². The van der Waals surface area contributed by atoms with Gasteiger partial charge in [-0.2, -0.15) is 0 Å². The number of nitrogens with two attached hydrogens (primary N) is 1. The first-order valence-corrected chi connectivity index (χ1v) is 7.15. The maximum atomic E-state index is 13.6. The molecule has 0 radical (unpaired) electrons. The Labute approximate surface area is 136 Å². The molecule has 0 aliphatic heterocycles. The minimum absolute atomic E-state index is 0.0363. The number of rotatable bonds is 4. The van der Waals surface area contributed by atoms with E-state index in [9.17, 15) is 9.18 Å². The van der Waals surface area contributed by atoms with Gasteiger partial charge in [-0.3, -0.25) is 9.20 Å². The molecular weight excluding hydrogens is 321 g/mol. The maximum absolute atomic E-state index is 13.6. The molecule has 1 aromatic carbocycles. The smallest absolute Gasteiger partial charge is 0.269 e. The van der Waals surface area contributed by atoms with Gasteiger partial charge in [0.05, 0.1) is 5.69 Å².